The molecule has 28 heavy (non-hydrogen) atoms. The van der Waals surface area contributed by atoms with Crippen molar-refractivity contribution in [2.45, 2.75) is 74.1 Å². The first kappa shape index (κ1) is 22.2. The van der Waals surface area contributed by atoms with Gasteiger partial charge in [-0.1, -0.05) is 81.0 Å². The third kappa shape index (κ3) is 4.66. The summed E-state index contributed by atoms with van der Waals surface area (Å²) in [5.74, 6) is 0. The molecule has 0 heteroatoms. The topological polar surface area (TPSA) is 0 Å². The van der Waals surface area contributed by atoms with E-state index >= 15 is 0 Å². The van der Waals surface area contributed by atoms with Crippen LogP contribution in [0.15, 0.2) is 54.6 Å². The molecular formula is C28H38. The standard InChI is InChI=1S/C18H24.C10H14/c1-6-7-10-14(2)15-11-8-9-12-16(15)18(5)13-17(18,3)4;1-7-5-8(2)10(4)9(3)6-7/h6-12H,13H2,1-5H3;5-6H,1-4H3/b7-6-,14-10+;. The van der Waals surface area contributed by atoms with Gasteiger partial charge in [-0.25, -0.2) is 0 Å². The highest BCUT2D eigenvalue weighted by Crippen LogP contribution is 2.64. The summed E-state index contributed by atoms with van der Waals surface area (Å²) >= 11 is 0. The fourth-order valence-corrected chi connectivity index (χ4v) is 4.19. The van der Waals surface area contributed by atoms with Crippen molar-refractivity contribution in [3.05, 3.63) is 88.0 Å². The van der Waals surface area contributed by atoms with Gasteiger partial charge < -0.3 is 0 Å². The smallest absolute Gasteiger partial charge is 0.00124 e. The van der Waals surface area contributed by atoms with E-state index in [1.165, 1.54) is 45.4 Å². The molecule has 0 saturated heterocycles. The molecule has 0 bridgehead atoms. The van der Waals surface area contributed by atoms with Gasteiger partial charge in [-0.3, -0.25) is 0 Å². The van der Waals surface area contributed by atoms with E-state index < -0.39 is 0 Å². The van der Waals surface area contributed by atoms with Crippen LogP contribution in [0.3, 0.4) is 0 Å². The second-order valence-electron chi connectivity index (χ2n) is 9.34. The van der Waals surface area contributed by atoms with Gasteiger partial charge in [-0.2, -0.15) is 0 Å². The number of hydrogen-bond donors (Lipinski definition) is 0. The first-order chi connectivity index (χ1) is 13.0. The summed E-state index contributed by atoms with van der Waals surface area (Å²) in [7, 11) is 0. The lowest BCUT2D eigenvalue weighted by Gasteiger charge is -2.20. The van der Waals surface area contributed by atoms with Crippen LogP contribution in [0.4, 0.5) is 0 Å². The van der Waals surface area contributed by atoms with Gasteiger partial charge in [-0.15, -0.1) is 0 Å². The van der Waals surface area contributed by atoms with Crippen LogP contribution >= 0.6 is 0 Å². The third-order valence-corrected chi connectivity index (χ3v) is 6.72. The molecule has 0 heterocycles. The molecule has 1 saturated carbocycles. The summed E-state index contributed by atoms with van der Waals surface area (Å²) in [6.45, 7) is 20.0. The molecule has 0 N–H and O–H groups in total. The minimum absolute atomic E-state index is 0.342. The molecule has 0 aromatic heterocycles. The van der Waals surface area contributed by atoms with E-state index in [2.05, 4.69) is 117 Å². The number of hydrogen-bond acceptors (Lipinski definition) is 0. The van der Waals surface area contributed by atoms with E-state index in [0.29, 0.717) is 10.8 Å². The minimum Gasteiger partial charge on any atom is -0.0877 e. The van der Waals surface area contributed by atoms with E-state index in [1.54, 1.807) is 0 Å². The summed E-state index contributed by atoms with van der Waals surface area (Å²) in [5.41, 5.74) is 10.6. The Kier molecular flexibility index (Phi) is 6.75. The van der Waals surface area contributed by atoms with Gasteiger partial charge in [0.25, 0.3) is 0 Å². The molecule has 1 aliphatic carbocycles. The molecule has 0 nitrogen and oxygen atoms in total. The average Bonchev–Trinajstić information content (AvgIpc) is 3.17. The zero-order chi connectivity index (χ0) is 21.1. The SMILES string of the molecule is C/C=C\C=C(/C)c1ccccc1C1(C)CC1(C)C.Cc1cc(C)c(C)c(C)c1. The molecule has 1 unspecified atom stereocenters. The molecule has 0 amide bonds. The molecule has 1 fully saturated rings. The first-order valence-corrected chi connectivity index (χ1v) is 10.5. The maximum Gasteiger partial charge on any atom is -0.00124 e. The Hall–Kier alpha value is -2.08. The van der Waals surface area contributed by atoms with Crippen LogP contribution in [0.2, 0.25) is 0 Å². The van der Waals surface area contributed by atoms with Gasteiger partial charge in [0, 0.05) is 0 Å². The van der Waals surface area contributed by atoms with Gasteiger partial charge >= 0.3 is 0 Å². The van der Waals surface area contributed by atoms with Crippen molar-refractivity contribution in [2.24, 2.45) is 5.41 Å². The Bertz CT molecular complexity index is 869. The highest BCUT2D eigenvalue weighted by molar-refractivity contribution is 5.70. The highest BCUT2D eigenvalue weighted by Gasteiger charge is 2.58. The van der Waals surface area contributed by atoms with E-state index in [0.717, 1.165) is 0 Å². The minimum atomic E-state index is 0.342. The molecule has 150 valence electrons. The Morgan fingerprint density at radius 3 is 1.96 bits per heavy atom. The number of benzene rings is 2. The third-order valence-electron chi connectivity index (χ3n) is 6.72. The molecule has 0 radical (unpaired) electrons. The van der Waals surface area contributed by atoms with E-state index in [9.17, 15) is 0 Å². The predicted molar refractivity (Wildman–Crippen MR) is 126 cm³/mol. The summed E-state index contributed by atoms with van der Waals surface area (Å²) in [6, 6.07) is 13.3. The second-order valence-corrected chi connectivity index (χ2v) is 9.34. The van der Waals surface area contributed by atoms with Crippen LogP contribution in [0.1, 0.15) is 74.4 Å². The van der Waals surface area contributed by atoms with Crippen molar-refractivity contribution in [3.8, 4) is 0 Å². The maximum absolute atomic E-state index is 2.40. The zero-order valence-corrected chi connectivity index (χ0v) is 19.4. The predicted octanol–water partition coefficient (Wildman–Crippen LogP) is 8.27. The number of aryl methyl sites for hydroxylation is 3. The van der Waals surface area contributed by atoms with Gasteiger partial charge in [0.2, 0.25) is 0 Å². The van der Waals surface area contributed by atoms with E-state index in [-0.39, 0.29) is 0 Å². The molecule has 0 spiro atoms. The van der Waals surface area contributed by atoms with Crippen molar-refractivity contribution in [1.29, 1.82) is 0 Å². The summed E-state index contributed by atoms with van der Waals surface area (Å²) < 4.78 is 0. The Labute approximate surface area is 173 Å². The lowest BCUT2D eigenvalue weighted by atomic mass is 9.84. The lowest BCUT2D eigenvalue weighted by molar-refractivity contribution is 0.527. The molecule has 3 rings (SSSR count). The monoisotopic (exact) mass is 374 g/mol. The highest BCUT2D eigenvalue weighted by atomic mass is 14.6. The van der Waals surface area contributed by atoms with Gasteiger partial charge in [-0.05, 0) is 92.2 Å². The summed E-state index contributed by atoms with van der Waals surface area (Å²) in [6.07, 6.45) is 7.69. The summed E-state index contributed by atoms with van der Waals surface area (Å²) in [4.78, 5) is 0. The number of allylic oxidation sites excluding steroid dienone is 4. The molecular weight excluding hydrogens is 336 g/mol. The van der Waals surface area contributed by atoms with Crippen LogP contribution in [-0.4, -0.2) is 0 Å². The lowest BCUT2D eigenvalue weighted by Crippen LogP contribution is -2.11. The van der Waals surface area contributed by atoms with Crippen molar-refractivity contribution in [1.82, 2.24) is 0 Å². The van der Waals surface area contributed by atoms with Crippen molar-refractivity contribution < 1.29 is 0 Å². The van der Waals surface area contributed by atoms with Crippen LogP contribution in [0.25, 0.3) is 5.57 Å². The zero-order valence-electron chi connectivity index (χ0n) is 19.4. The Balaban J connectivity index is 0.000000237. The number of rotatable bonds is 3. The largest absolute Gasteiger partial charge is 0.0877 e. The Morgan fingerprint density at radius 1 is 0.929 bits per heavy atom. The molecule has 2 aromatic carbocycles. The summed E-state index contributed by atoms with van der Waals surface area (Å²) in [5, 5.41) is 0. The molecule has 1 aliphatic rings. The average molecular weight is 375 g/mol. The van der Waals surface area contributed by atoms with Crippen molar-refractivity contribution >= 4 is 5.57 Å². The van der Waals surface area contributed by atoms with E-state index in [4.69, 9.17) is 0 Å². The first-order valence-electron chi connectivity index (χ1n) is 10.5. The molecule has 1 atom stereocenters. The normalized spacial score (nSPS) is 20.7. The van der Waals surface area contributed by atoms with Crippen LogP contribution in [-0.2, 0) is 5.41 Å². The van der Waals surface area contributed by atoms with Crippen molar-refractivity contribution in [2.75, 3.05) is 0 Å². The molecule has 0 aliphatic heterocycles. The van der Waals surface area contributed by atoms with Gasteiger partial charge in [0.05, 0.1) is 0 Å². The van der Waals surface area contributed by atoms with Gasteiger partial charge in [0.15, 0.2) is 0 Å². The van der Waals surface area contributed by atoms with Crippen LogP contribution in [0.5, 0.6) is 0 Å². The van der Waals surface area contributed by atoms with Crippen LogP contribution in [0, 0.1) is 33.1 Å². The fourth-order valence-electron chi connectivity index (χ4n) is 4.19. The maximum atomic E-state index is 2.40. The molecule has 2 aromatic rings. The fraction of sp³-hybridized carbons (Fsp3) is 0.429. The second kappa shape index (κ2) is 8.52. The van der Waals surface area contributed by atoms with Crippen molar-refractivity contribution in [3.63, 3.8) is 0 Å². The Morgan fingerprint density at radius 2 is 1.46 bits per heavy atom. The van der Waals surface area contributed by atoms with Crippen LogP contribution < -0.4 is 0 Å². The van der Waals surface area contributed by atoms with Gasteiger partial charge in [0.1, 0.15) is 0 Å². The van der Waals surface area contributed by atoms with E-state index in [1.807, 2.05) is 0 Å². The quantitative estimate of drug-likeness (QED) is 0.474.